The summed E-state index contributed by atoms with van der Waals surface area (Å²) in [6, 6.07) is 0. The predicted octanol–water partition coefficient (Wildman–Crippen LogP) is 7.87. The first kappa shape index (κ1) is 27.2. The third-order valence-electron chi connectivity index (χ3n) is 18.7. The normalized spacial score (nSPS) is 58.8. The van der Waals surface area contributed by atoms with Crippen LogP contribution in [-0.2, 0) is 19.1 Å². The first-order valence-electron chi connectivity index (χ1n) is 20.3. The Kier molecular flexibility index (Phi) is 4.44. The number of hydrogen-bond donors (Lipinski definition) is 0. The van der Waals surface area contributed by atoms with E-state index in [4.69, 9.17) is 9.47 Å². The van der Waals surface area contributed by atoms with E-state index in [1.54, 1.807) is 0 Å². The van der Waals surface area contributed by atoms with E-state index in [-0.39, 0.29) is 23.8 Å². The average molecular weight is 635 g/mol. The Hall–Kier alpha value is -1.58. The van der Waals surface area contributed by atoms with Crippen LogP contribution in [0.2, 0.25) is 0 Å². The average Bonchev–Trinajstić information content (AvgIpc) is 3.27. The van der Waals surface area contributed by atoms with E-state index in [9.17, 15) is 9.59 Å². The molecule has 0 aromatic carbocycles. The Morgan fingerprint density at radius 1 is 0.532 bits per heavy atom. The summed E-state index contributed by atoms with van der Waals surface area (Å²) in [5.41, 5.74) is 5.64. The molecule has 0 amide bonds. The van der Waals surface area contributed by atoms with Gasteiger partial charge in [-0.2, -0.15) is 0 Å². The summed E-state index contributed by atoms with van der Waals surface area (Å²) in [6.07, 6.45) is 11.3. The zero-order valence-electron chi connectivity index (χ0n) is 29.3. The van der Waals surface area contributed by atoms with E-state index in [0.717, 1.165) is 76.9 Å². The van der Waals surface area contributed by atoms with Crippen LogP contribution in [0.4, 0.5) is 0 Å². The molecule has 10 saturated carbocycles. The van der Waals surface area contributed by atoms with Gasteiger partial charge in [0.25, 0.3) is 0 Å². The summed E-state index contributed by atoms with van der Waals surface area (Å²) in [7, 11) is 0. The summed E-state index contributed by atoms with van der Waals surface area (Å²) < 4.78 is 12.6. The van der Waals surface area contributed by atoms with E-state index < -0.39 is 16.6 Å². The molecule has 0 aromatic rings. The lowest BCUT2D eigenvalue weighted by Gasteiger charge is -2.58. The Balaban J connectivity index is 1.05. The minimum Gasteiger partial charge on any atom is -0.459 e. The highest BCUT2D eigenvalue weighted by Crippen LogP contribution is 2.88. The summed E-state index contributed by atoms with van der Waals surface area (Å²) in [5.74, 6) is 14.4. The molecule has 0 radical (unpaired) electrons. The predicted molar refractivity (Wildman–Crippen MR) is 175 cm³/mol. The molecule has 0 spiro atoms. The molecule has 6 unspecified atom stereocenters. The number of allylic oxidation sites excluding steroid dienone is 4. The third kappa shape index (κ3) is 2.72. The Labute approximate surface area is 280 Å². The summed E-state index contributed by atoms with van der Waals surface area (Å²) in [6.45, 7) is 11.9. The van der Waals surface area contributed by atoms with Crippen molar-refractivity contribution in [3.05, 3.63) is 22.3 Å². The number of fused-ring (bicyclic) bond motifs is 3. The molecule has 0 N–H and O–H groups in total. The maximum Gasteiger partial charge on any atom is 0.324 e. The first-order valence-corrected chi connectivity index (χ1v) is 20.3. The van der Waals surface area contributed by atoms with E-state index in [0.29, 0.717) is 29.6 Å². The van der Waals surface area contributed by atoms with Crippen LogP contribution in [-0.4, -0.2) is 23.1 Å². The number of esters is 2. The molecule has 13 aliphatic carbocycles. The standard InChI is InChI=1S/C43H54O4/c1-41(2,3)46-39(44)43(40(45)47-42(4,5)6)37-21-13-19-11-17-9-15-7-8-16-10-18-12-20-14-22(38(37)43)30-29(21)33-27(19)25(17)31-23(15)24(16)32-26(18)28(20)34(30)36(33)35(31)32/h15-25,27,29-31,33,35-38H,7-14H2,1-6H3/t15-,16+,17?,18+,19+,20?,21-,22?,23+,24-,25+,27-,29+,30-,31?,33-,35?,36?,37+,38-/m0/s1. The van der Waals surface area contributed by atoms with Gasteiger partial charge in [-0.05, 0) is 222 Å². The molecule has 4 nitrogen and oxygen atoms in total. The van der Waals surface area contributed by atoms with E-state index in [1.165, 1.54) is 51.4 Å². The third-order valence-corrected chi connectivity index (χ3v) is 18.7. The van der Waals surface area contributed by atoms with Gasteiger partial charge >= 0.3 is 11.9 Å². The van der Waals surface area contributed by atoms with Gasteiger partial charge in [0, 0.05) is 0 Å². The van der Waals surface area contributed by atoms with Crippen LogP contribution in [0.1, 0.15) is 92.9 Å². The number of carbonyl (C=O) groups is 2. The monoisotopic (exact) mass is 634 g/mol. The maximum absolute atomic E-state index is 14.8. The zero-order valence-corrected chi connectivity index (χ0v) is 29.3. The van der Waals surface area contributed by atoms with Crippen LogP contribution in [0.5, 0.6) is 0 Å². The van der Waals surface area contributed by atoms with Gasteiger partial charge in [0.1, 0.15) is 11.2 Å². The van der Waals surface area contributed by atoms with Crippen molar-refractivity contribution in [1.82, 2.24) is 0 Å². The molecule has 0 saturated heterocycles. The highest BCUT2D eigenvalue weighted by molar-refractivity contribution is 6.05. The van der Waals surface area contributed by atoms with Gasteiger partial charge in [-0.25, -0.2) is 0 Å². The van der Waals surface area contributed by atoms with E-state index in [1.807, 2.05) is 58.3 Å². The molecule has 20 atom stereocenters. The van der Waals surface area contributed by atoms with E-state index in [2.05, 4.69) is 5.57 Å². The van der Waals surface area contributed by atoms with Gasteiger partial charge in [0.15, 0.2) is 5.41 Å². The van der Waals surface area contributed by atoms with Gasteiger partial charge in [-0.3, -0.25) is 9.59 Å². The molecular formula is C43H54O4. The van der Waals surface area contributed by atoms with Crippen LogP contribution in [0.3, 0.4) is 0 Å². The molecule has 13 rings (SSSR count). The molecule has 10 fully saturated rings. The number of ether oxygens (including phenoxy) is 2. The van der Waals surface area contributed by atoms with Crippen molar-refractivity contribution in [2.75, 3.05) is 0 Å². The lowest BCUT2D eigenvalue weighted by molar-refractivity contribution is -0.179. The topological polar surface area (TPSA) is 52.6 Å². The summed E-state index contributed by atoms with van der Waals surface area (Å²) >= 11 is 0. The van der Waals surface area contributed by atoms with Gasteiger partial charge in [0.2, 0.25) is 0 Å². The van der Waals surface area contributed by atoms with Crippen molar-refractivity contribution in [3.63, 3.8) is 0 Å². The molecule has 13 aliphatic rings. The maximum atomic E-state index is 14.8. The van der Waals surface area contributed by atoms with Crippen molar-refractivity contribution < 1.29 is 19.1 Å². The largest absolute Gasteiger partial charge is 0.459 e. The van der Waals surface area contributed by atoms with Crippen LogP contribution in [0, 0.1) is 124 Å². The zero-order chi connectivity index (χ0) is 31.6. The van der Waals surface area contributed by atoms with Gasteiger partial charge in [-0.1, -0.05) is 11.1 Å². The van der Waals surface area contributed by atoms with Crippen LogP contribution < -0.4 is 0 Å². The molecular weight excluding hydrogens is 580 g/mol. The summed E-state index contributed by atoms with van der Waals surface area (Å²) in [5, 5.41) is 0. The fraction of sp³-hybridized carbons (Fsp3) is 0.860. The van der Waals surface area contributed by atoms with Crippen molar-refractivity contribution in [1.29, 1.82) is 0 Å². The Morgan fingerprint density at radius 3 is 1.77 bits per heavy atom. The van der Waals surface area contributed by atoms with Gasteiger partial charge in [0.05, 0.1) is 0 Å². The fourth-order valence-electron chi connectivity index (χ4n) is 19.1. The van der Waals surface area contributed by atoms with Gasteiger partial charge < -0.3 is 9.47 Å². The second-order valence-corrected chi connectivity index (χ2v) is 22.0. The first-order chi connectivity index (χ1) is 22.4. The lowest BCUT2D eigenvalue weighted by Crippen LogP contribution is -2.54. The number of rotatable bonds is 2. The molecule has 4 heteroatoms. The minimum absolute atomic E-state index is 0.0963. The van der Waals surface area contributed by atoms with Crippen molar-refractivity contribution in [3.8, 4) is 0 Å². The van der Waals surface area contributed by atoms with Crippen molar-refractivity contribution >= 4 is 11.9 Å². The number of carbonyl (C=O) groups excluding carboxylic acids is 2. The second kappa shape index (κ2) is 7.68. The van der Waals surface area contributed by atoms with Crippen LogP contribution >= 0.6 is 0 Å². The lowest BCUT2D eigenvalue weighted by atomic mass is 9.46. The SMILES string of the molecule is CC(C)(C)OC(=O)C1(C(=O)OC(C)(C)C)[C@@H]2[C@H]3C[C@H]4CC5C[C@@H]6CC[C@@H]7C[C@@H]8CC9CC([C@@H]%10C%11=C9C8=C8C9C([C@H]5[C@H]4[C@H](C%119)[C@H]3%10)[C@H]6[C@@H]87)[C@@H]21. The molecule has 47 heavy (non-hydrogen) atoms. The highest BCUT2D eigenvalue weighted by Gasteiger charge is 2.88. The van der Waals surface area contributed by atoms with Gasteiger partial charge in [-0.15, -0.1) is 0 Å². The molecule has 0 heterocycles. The Bertz CT molecular complexity index is 1640. The molecule has 0 aromatic heterocycles. The highest BCUT2D eigenvalue weighted by atomic mass is 16.6. The van der Waals surface area contributed by atoms with Crippen molar-refractivity contribution in [2.24, 2.45) is 124 Å². The van der Waals surface area contributed by atoms with E-state index >= 15 is 0 Å². The molecule has 0 aliphatic heterocycles. The van der Waals surface area contributed by atoms with Crippen molar-refractivity contribution in [2.45, 2.75) is 104 Å². The van der Waals surface area contributed by atoms with Crippen LogP contribution in [0.25, 0.3) is 0 Å². The van der Waals surface area contributed by atoms with Crippen LogP contribution in [0.15, 0.2) is 22.3 Å². The molecule has 250 valence electrons. The molecule has 0 bridgehead atoms. The second-order valence-electron chi connectivity index (χ2n) is 22.0. The quantitative estimate of drug-likeness (QED) is 0.229. The summed E-state index contributed by atoms with van der Waals surface area (Å²) in [4.78, 5) is 29.5. The Morgan fingerprint density at radius 2 is 1.09 bits per heavy atom. The minimum atomic E-state index is -1.11. The number of hydrogen-bond acceptors (Lipinski definition) is 4. The smallest absolute Gasteiger partial charge is 0.324 e. The fourth-order valence-corrected chi connectivity index (χ4v) is 19.1.